The summed E-state index contributed by atoms with van der Waals surface area (Å²) in [5.74, 6) is 0.241. The van der Waals surface area contributed by atoms with Gasteiger partial charge in [0.05, 0.1) is 11.7 Å². The van der Waals surface area contributed by atoms with Gasteiger partial charge < -0.3 is 14.9 Å². The largest absolute Gasteiger partial charge is 0.396 e. The van der Waals surface area contributed by atoms with Crippen LogP contribution in [0.5, 0.6) is 0 Å². The van der Waals surface area contributed by atoms with Crippen LogP contribution in [0, 0.1) is 12.8 Å². The Bertz CT molecular complexity index is 982. The fourth-order valence-electron chi connectivity index (χ4n) is 5.23. The Morgan fingerprint density at radius 2 is 1.94 bits per heavy atom. The molecule has 2 aliphatic rings. The number of aliphatic hydroxyl groups excluding tert-OH is 1. The summed E-state index contributed by atoms with van der Waals surface area (Å²) >= 11 is 0. The average Bonchev–Trinajstić information content (AvgIpc) is 3.29. The molecule has 184 valence electrons. The van der Waals surface area contributed by atoms with Gasteiger partial charge in [-0.2, -0.15) is 5.10 Å². The number of likely N-dealkylation sites (tertiary alicyclic amines) is 1. The van der Waals surface area contributed by atoms with Crippen LogP contribution in [0.1, 0.15) is 74.0 Å². The van der Waals surface area contributed by atoms with Gasteiger partial charge in [-0.25, -0.2) is 0 Å². The van der Waals surface area contributed by atoms with Crippen molar-refractivity contribution in [2.45, 2.75) is 64.8 Å². The van der Waals surface area contributed by atoms with E-state index in [9.17, 15) is 14.7 Å². The van der Waals surface area contributed by atoms with Crippen molar-refractivity contribution < 1.29 is 14.7 Å². The van der Waals surface area contributed by atoms with Gasteiger partial charge in [0.2, 0.25) is 5.91 Å². The van der Waals surface area contributed by atoms with Gasteiger partial charge in [0.15, 0.2) is 0 Å². The van der Waals surface area contributed by atoms with E-state index in [2.05, 4.69) is 26.0 Å². The molecule has 0 aliphatic carbocycles. The summed E-state index contributed by atoms with van der Waals surface area (Å²) < 4.78 is 1.91. The molecule has 2 amide bonds. The SMILES string of the molecule is CCCCCC1CN(CC(=O)N2CCCC(CCO)C2)C(=O)c2cc(-c3ccc(C)cc3)nn21. The number of hydrogen-bond acceptors (Lipinski definition) is 4. The highest BCUT2D eigenvalue weighted by atomic mass is 16.3. The lowest BCUT2D eigenvalue weighted by atomic mass is 9.95. The Morgan fingerprint density at radius 1 is 1.15 bits per heavy atom. The molecule has 7 heteroatoms. The van der Waals surface area contributed by atoms with E-state index < -0.39 is 0 Å². The van der Waals surface area contributed by atoms with E-state index in [1.165, 1.54) is 5.56 Å². The summed E-state index contributed by atoms with van der Waals surface area (Å²) in [5.41, 5.74) is 3.57. The van der Waals surface area contributed by atoms with Gasteiger partial charge in [0.1, 0.15) is 12.2 Å². The number of piperidine rings is 1. The number of carbonyl (C=O) groups excluding carboxylic acids is 2. The number of carbonyl (C=O) groups is 2. The number of aliphatic hydroxyl groups is 1. The number of rotatable bonds is 9. The molecule has 1 fully saturated rings. The van der Waals surface area contributed by atoms with E-state index >= 15 is 0 Å². The van der Waals surface area contributed by atoms with E-state index in [0.29, 0.717) is 24.7 Å². The highest BCUT2D eigenvalue weighted by Crippen LogP contribution is 2.30. The van der Waals surface area contributed by atoms with Crippen molar-refractivity contribution in [2.24, 2.45) is 5.92 Å². The van der Waals surface area contributed by atoms with E-state index in [0.717, 1.165) is 62.7 Å². The minimum atomic E-state index is -0.116. The van der Waals surface area contributed by atoms with Crippen molar-refractivity contribution in [3.05, 3.63) is 41.6 Å². The maximum Gasteiger partial charge on any atom is 0.272 e. The first-order chi connectivity index (χ1) is 16.5. The Kier molecular flexibility index (Phi) is 8.03. The van der Waals surface area contributed by atoms with Crippen molar-refractivity contribution in [2.75, 3.05) is 32.8 Å². The van der Waals surface area contributed by atoms with Gasteiger partial charge in [0.25, 0.3) is 5.91 Å². The molecule has 4 rings (SSSR count). The first-order valence-electron chi connectivity index (χ1n) is 12.8. The fraction of sp³-hybridized carbons (Fsp3) is 0.593. The number of fused-ring (bicyclic) bond motifs is 1. The molecule has 2 aromatic rings. The fourth-order valence-corrected chi connectivity index (χ4v) is 5.23. The number of amides is 2. The van der Waals surface area contributed by atoms with Crippen LogP contribution in [0.3, 0.4) is 0 Å². The zero-order valence-corrected chi connectivity index (χ0v) is 20.6. The summed E-state index contributed by atoms with van der Waals surface area (Å²) in [6, 6.07) is 10.2. The zero-order chi connectivity index (χ0) is 24.1. The van der Waals surface area contributed by atoms with E-state index in [4.69, 9.17) is 5.10 Å². The normalized spacial score (nSPS) is 20.5. The molecule has 1 aromatic heterocycles. The summed E-state index contributed by atoms with van der Waals surface area (Å²) in [6.45, 7) is 6.44. The summed E-state index contributed by atoms with van der Waals surface area (Å²) in [7, 11) is 0. The Hall–Kier alpha value is -2.67. The maximum absolute atomic E-state index is 13.4. The molecule has 2 aliphatic heterocycles. The zero-order valence-electron chi connectivity index (χ0n) is 20.6. The van der Waals surface area contributed by atoms with Crippen LogP contribution in [0.15, 0.2) is 30.3 Å². The lowest BCUT2D eigenvalue weighted by Gasteiger charge is -2.37. The quantitative estimate of drug-likeness (QED) is 0.566. The van der Waals surface area contributed by atoms with Gasteiger partial charge in [-0.1, -0.05) is 56.0 Å². The molecule has 1 saturated heterocycles. The van der Waals surface area contributed by atoms with Crippen LogP contribution in [-0.2, 0) is 4.79 Å². The number of benzene rings is 1. The number of aromatic nitrogens is 2. The summed E-state index contributed by atoms with van der Waals surface area (Å²) in [6.07, 6.45) is 7.03. The van der Waals surface area contributed by atoms with Crippen molar-refractivity contribution in [3.8, 4) is 11.3 Å². The van der Waals surface area contributed by atoms with Gasteiger partial charge in [0, 0.05) is 31.8 Å². The first-order valence-corrected chi connectivity index (χ1v) is 12.8. The lowest BCUT2D eigenvalue weighted by Crippen LogP contribution is -2.50. The number of aryl methyl sites for hydroxylation is 1. The smallest absolute Gasteiger partial charge is 0.272 e. The molecule has 2 atom stereocenters. The van der Waals surface area contributed by atoms with Crippen LogP contribution in [0.25, 0.3) is 11.3 Å². The number of hydrogen-bond donors (Lipinski definition) is 1. The van der Waals surface area contributed by atoms with Gasteiger partial charge in [-0.3, -0.25) is 14.3 Å². The van der Waals surface area contributed by atoms with Gasteiger partial charge in [-0.15, -0.1) is 0 Å². The molecule has 1 N–H and O–H groups in total. The summed E-state index contributed by atoms with van der Waals surface area (Å²) in [5, 5.41) is 14.1. The minimum absolute atomic E-state index is 0.00928. The molecule has 3 heterocycles. The van der Waals surface area contributed by atoms with Crippen molar-refractivity contribution in [1.82, 2.24) is 19.6 Å². The lowest BCUT2D eigenvalue weighted by molar-refractivity contribution is -0.134. The Balaban J connectivity index is 1.53. The van der Waals surface area contributed by atoms with Crippen molar-refractivity contribution in [3.63, 3.8) is 0 Å². The van der Waals surface area contributed by atoms with Crippen LogP contribution >= 0.6 is 0 Å². The van der Waals surface area contributed by atoms with E-state index in [1.807, 2.05) is 27.8 Å². The Morgan fingerprint density at radius 3 is 2.68 bits per heavy atom. The van der Waals surface area contributed by atoms with Crippen molar-refractivity contribution in [1.29, 1.82) is 0 Å². The third-order valence-corrected chi connectivity index (χ3v) is 7.24. The second-order valence-electron chi connectivity index (χ2n) is 9.92. The van der Waals surface area contributed by atoms with Crippen LogP contribution in [0.4, 0.5) is 0 Å². The van der Waals surface area contributed by atoms with E-state index in [1.54, 1.807) is 4.90 Å². The van der Waals surface area contributed by atoms with Crippen LogP contribution in [0.2, 0.25) is 0 Å². The molecule has 0 radical (unpaired) electrons. The number of nitrogens with zero attached hydrogens (tertiary/aromatic N) is 4. The molecule has 7 nitrogen and oxygen atoms in total. The molecular weight excluding hydrogens is 428 g/mol. The highest BCUT2D eigenvalue weighted by molar-refractivity contribution is 5.96. The third kappa shape index (κ3) is 5.52. The third-order valence-electron chi connectivity index (χ3n) is 7.24. The number of unbranched alkanes of at least 4 members (excludes halogenated alkanes) is 2. The molecule has 0 saturated carbocycles. The maximum atomic E-state index is 13.4. The second-order valence-corrected chi connectivity index (χ2v) is 9.92. The molecule has 34 heavy (non-hydrogen) atoms. The summed E-state index contributed by atoms with van der Waals surface area (Å²) in [4.78, 5) is 30.2. The molecule has 1 aromatic carbocycles. The van der Waals surface area contributed by atoms with Crippen molar-refractivity contribution >= 4 is 11.8 Å². The Labute approximate surface area is 202 Å². The van der Waals surface area contributed by atoms with Crippen LogP contribution < -0.4 is 0 Å². The average molecular weight is 467 g/mol. The van der Waals surface area contributed by atoms with E-state index in [-0.39, 0.29) is 31.0 Å². The van der Waals surface area contributed by atoms with Gasteiger partial charge >= 0.3 is 0 Å². The first kappa shape index (κ1) is 24.5. The molecule has 0 bridgehead atoms. The predicted octanol–water partition coefficient (Wildman–Crippen LogP) is 4.06. The predicted molar refractivity (Wildman–Crippen MR) is 132 cm³/mol. The highest BCUT2D eigenvalue weighted by Gasteiger charge is 2.35. The standard InChI is InChI=1S/C27H38N4O3/c1-3-4-5-8-23-18-30(19-26(33)29-14-6-7-21(17-29)13-15-32)27(34)25-16-24(28-31(23)25)22-11-9-20(2)10-12-22/h9-12,16,21,23,32H,3-8,13-15,17-19H2,1-2H3. The second kappa shape index (κ2) is 11.2. The minimum Gasteiger partial charge on any atom is -0.396 e. The monoisotopic (exact) mass is 466 g/mol. The topological polar surface area (TPSA) is 78.7 Å². The molecule has 2 unspecified atom stereocenters. The van der Waals surface area contributed by atoms with Crippen LogP contribution in [-0.4, -0.2) is 69.3 Å². The van der Waals surface area contributed by atoms with Gasteiger partial charge in [-0.05, 0) is 44.6 Å². The molecular formula is C27H38N4O3. The molecule has 0 spiro atoms.